The van der Waals surface area contributed by atoms with Gasteiger partial charge >= 0.3 is 0 Å². The maximum Gasteiger partial charge on any atom is 0.254 e. The van der Waals surface area contributed by atoms with Crippen LogP contribution in [0.15, 0.2) is 12.1 Å². The van der Waals surface area contributed by atoms with Crippen molar-refractivity contribution >= 4 is 29.1 Å². The van der Waals surface area contributed by atoms with Crippen LogP contribution in [0.2, 0.25) is 10.3 Å². The van der Waals surface area contributed by atoms with Crippen LogP contribution in [0, 0.1) is 17.8 Å². The van der Waals surface area contributed by atoms with Crippen LogP contribution in [0.1, 0.15) is 48.9 Å². The second-order valence-corrected chi connectivity index (χ2v) is 7.87. The van der Waals surface area contributed by atoms with E-state index in [9.17, 15) is 4.79 Å². The molecule has 0 aliphatic heterocycles. The van der Waals surface area contributed by atoms with Gasteiger partial charge in [-0.1, -0.05) is 23.2 Å². The van der Waals surface area contributed by atoms with Crippen LogP contribution in [0.5, 0.6) is 0 Å². The number of hydrogen-bond donors (Lipinski definition) is 1. The van der Waals surface area contributed by atoms with Crippen molar-refractivity contribution < 1.29 is 4.79 Å². The second kappa shape index (κ2) is 4.85. The van der Waals surface area contributed by atoms with Crippen molar-refractivity contribution in [3.63, 3.8) is 0 Å². The molecule has 0 saturated heterocycles. The van der Waals surface area contributed by atoms with Crippen molar-refractivity contribution in [3.8, 4) is 0 Å². The molecule has 4 fully saturated rings. The standard InChI is InChI=1S/C16H18Cl2N2O/c17-13-2-1-12(14(18)19-13)15(21)20-16-6-9-3-10(7-16)5-11(4-9)8-16/h1-2,9-11H,3-8H2,(H,20,21). The highest BCUT2D eigenvalue weighted by atomic mass is 35.5. The number of nitrogens with one attached hydrogen (secondary N) is 1. The Hall–Kier alpha value is -0.800. The maximum absolute atomic E-state index is 12.6. The number of carbonyl (C=O) groups excluding carboxylic acids is 1. The molecule has 1 aromatic heterocycles. The maximum atomic E-state index is 12.6. The molecule has 3 nitrogen and oxygen atoms in total. The summed E-state index contributed by atoms with van der Waals surface area (Å²) in [5.41, 5.74) is 0.422. The fourth-order valence-electron chi connectivity index (χ4n) is 5.15. The third-order valence-corrected chi connectivity index (χ3v) is 5.97. The molecule has 4 saturated carbocycles. The van der Waals surface area contributed by atoms with Crippen LogP contribution in [0.25, 0.3) is 0 Å². The molecule has 1 heterocycles. The van der Waals surface area contributed by atoms with Crippen LogP contribution >= 0.6 is 23.2 Å². The first-order chi connectivity index (χ1) is 10.0. The molecular formula is C16H18Cl2N2O. The third-order valence-electron chi connectivity index (χ3n) is 5.48. The van der Waals surface area contributed by atoms with Gasteiger partial charge in [-0.25, -0.2) is 4.98 Å². The van der Waals surface area contributed by atoms with Gasteiger partial charge in [0.15, 0.2) is 0 Å². The highest BCUT2D eigenvalue weighted by molar-refractivity contribution is 6.34. The zero-order valence-electron chi connectivity index (χ0n) is 11.7. The molecule has 0 unspecified atom stereocenters. The number of hydrogen-bond acceptors (Lipinski definition) is 2. The molecule has 5 heteroatoms. The molecule has 4 aliphatic carbocycles. The molecule has 1 aromatic rings. The van der Waals surface area contributed by atoms with Crippen LogP contribution in [0.4, 0.5) is 0 Å². The smallest absolute Gasteiger partial charge is 0.254 e. The van der Waals surface area contributed by atoms with Crippen molar-refractivity contribution in [2.24, 2.45) is 17.8 Å². The molecule has 4 bridgehead atoms. The largest absolute Gasteiger partial charge is 0.346 e. The highest BCUT2D eigenvalue weighted by Gasteiger charge is 2.51. The number of amides is 1. The summed E-state index contributed by atoms with van der Waals surface area (Å²) in [7, 11) is 0. The van der Waals surface area contributed by atoms with Gasteiger partial charge in [-0.3, -0.25) is 4.79 Å². The molecule has 1 N–H and O–H groups in total. The van der Waals surface area contributed by atoms with E-state index in [1.807, 2.05) is 0 Å². The Labute approximate surface area is 134 Å². The molecule has 0 aromatic carbocycles. The van der Waals surface area contributed by atoms with E-state index >= 15 is 0 Å². The summed E-state index contributed by atoms with van der Waals surface area (Å²) >= 11 is 11.8. The first-order valence-electron chi connectivity index (χ1n) is 7.67. The molecule has 1 amide bonds. The zero-order chi connectivity index (χ0) is 14.6. The number of aromatic nitrogens is 1. The Bertz CT molecular complexity index is 567. The molecule has 21 heavy (non-hydrogen) atoms. The van der Waals surface area contributed by atoms with Gasteiger partial charge in [-0.05, 0) is 68.4 Å². The fraction of sp³-hybridized carbons (Fsp3) is 0.625. The van der Waals surface area contributed by atoms with E-state index in [0.717, 1.165) is 37.0 Å². The monoisotopic (exact) mass is 324 g/mol. The molecule has 0 radical (unpaired) electrons. The topological polar surface area (TPSA) is 42.0 Å². The van der Waals surface area contributed by atoms with E-state index in [-0.39, 0.29) is 16.6 Å². The zero-order valence-corrected chi connectivity index (χ0v) is 13.3. The van der Waals surface area contributed by atoms with Crippen molar-refractivity contribution in [2.75, 3.05) is 0 Å². The van der Waals surface area contributed by atoms with Crippen LogP contribution in [0.3, 0.4) is 0 Å². The van der Waals surface area contributed by atoms with E-state index in [1.165, 1.54) is 19.3 Å². The second-order valence-electron chi connectivity index (χ2n) is 7.12. The average molecular weight is 325 g/mol. The number of rotatable bonds is 2. The summed E-state index contributed by atoms with van der Waals surface area (Å²) in [5, 5.41) is 3.79. The first-order valence-corrected chi connectivity index (χ1v) is 8.43. The van der Waals surface area contributed by atoms with Crippen molar-refractivity contribution in [1.29, 1.82) is 0 Å². The Morgan fingerprint density at radius 2 is 1.67 bits per heavy atom. The summed E-state index contributed by atoms with van der Waals surface area (Å²) in [6.07, 6.45) is 7.46. The SMILES string of the molecule is O=C(NC12CC3CC(CC(C3)C1)C2)c1ccc(Cl)nc1Cl. The molecule has 5 rings (SSSR count). The Morgan fingerprint density at radius 3 is 2.19 bits per heavy atom. The molecule has 0 atom stereocenters. The first kappa shape index (κ1) is 13.8. The van der Waals surface area contributed by atoms with Gasteiger partial charge in [-0.15, -0.1) is 0 Å². The van der Waals surface area contributed by atoms with Gasteiger partial charge in [0.2, 0.25) is 0 Å². The predicted octanol–water partition coefficient (Wildman–Crippen LogP) is 4.09. The summed E-state index contributed by atoms with van der Waals surface area (Å²) < 4.78 is 0. The minimum Gasteiger partial charge on any atom is -0.346 e. The van der Waals surface area contributed by atoms with E-state index in [2.05, 4.69) is 10.3 Å². The van der Waals surface area contributed by atoms with E-state index in [1.54, 1.807) is 12.1 Å². The third kappa shape index (κ3) is 2.44. The predicted molar refractivity (Wildman–Crippen MR) is 82.6 cm³/mol. The van der Waals surface area contributed by atoms with Gasteiger partial charge in [-0.2, -0.15) is 0 Å². The van der Waals surface area contributed by atoms with Crippen LogP contribution < -0.4 is 5.32 Å². The molecular weight excluding hydrogens is 307 g/mol. The van der Waals surface area contributed by atoms with Gasteiger partial charge in [0.1, 0.15) is 10.3 Å². The minimum atomic E-state index is -0.105. The summed E-state index contributed by atoms with van der Waals surface area (Å²) in [6.45, 7) is 0. The van der Waals surface area contributed by atoms with E-state index in [4.69, 9.17) is 23.2 Å². The lowest BCUT2D eigenvalue weighted by Gasteiger charge is -2.56. The number of halogens is 2. The van der Waals surface area contributed by atoms with E-state index in [0.29, 0.717) is 10.7 Å². The lowest BCUT2D eigenvalue weighted by molar-refractivity contribution is -0.0167. The van der Waals surface area contributed by atoms with Crippen LogP contribution in [-0.4, -0.2) is 16.4 Å². The summed E-state index contributed by atoms with van der Waals surface area (Å²) in [6, 6.07) is 3.27. The number of nitrogens with zero attached hydrogens (tertiary/aromatic N) is 1. The van der Waals surface area contributed by atoms with Gasteiger partial charge in [0.05, 0.1) is 5.56 Å². The Morgan fingerprint density at radius 1 is 1.10 bits per heavy atom. The highest BCUT2D eigenvalue weighted by Crippen LogP contribution is 2.55. The van der Waals surface area contributed by atoms with Gasteiger partial charge in [0, 0.05) is 5.54 Å². The average Bonchev–Trinajstić information content (AvgIpc) is 2.35. The Kier molecular flexibility index (Phi) is 3.20. The fourth-order valence-corrected chi connectivity index (χ4v) is 5.58. The summed E-state index contributed by atoms with van der Waals surface area (Å²) in [5.74, 6) is 2.30. The molecule has 4 aliphatic rings. The van der Waals surface area contributed by atoms with Crippen molar-refractivity contribution in [2.45, 2.75) is 44.1 Å². The quantitative estimate of drug-likeness (QED) is 0.832. The lowest BCUT2D eigenvalue weighted by Crippen LogP contribution is -2.59. The summed E-state index contributed by atoms with van der Waals surface area (Å²) in [4.78, 5) is 16.5. The number of pyridine rings is 1. The lowest BCUT2D eigenvalue weighted by atomic mass is 9.53. The minimum absolute atomic E-state index is 0.00516. The van der Waals surface area contributed by atoms with Gasteiger partial charge in [0.25, 0.3) is 5.91 Å². The Balaban J connectivity index is 1.57. The van der Waals surface area contributed by atoms with Gasteiger partial charge < -0.3 is 5.32 Å². The number of carbonyl (C=O) groups is 1. The van der Waals surface area contributed by atoms with E-state index < -0.39 is 0 Å². The van der Waals surface area contributed by atoms with Crippen molar-refractivity contribution in [3.05, 3.63) is 28.0 Å². The molecule has 0 spiro atoms. The van der Waals surface area contributed by atoms with Crippen molar-refractivity contribution in [1.82, 2.24) is 10.3 Å². The molecule has 112 valence electrons. The van der Waals surface area contributed by atoms with Crippen LogP contribution in [-0.2, 0) is 0 Å². The normalized spacial score (nSPS) is 36.8.